The molecule has 1 unspecified atom stereocenters. The van der Waals surface area contributed by atoms with Crippen LogP contribution in [-0.4, -0.2) is 39.4 Å². The van der Waals surface area contributed by atoms with Gasteiger partial charge in [-0.1, -0.05) is 36.4 Å². The molecule has 2 aromatic heterocycles. The maximum absolute atomic E-state index is 13.1. The number of carbonyl (C=O) groups excluding carboxylic acids is 2. The third-order valence-electron chi connectivity index (χ3n) is 7.16. The zero-order valence-electron chi connectivity index (χ0n) is 17.2. The van der Waals surface area contributed by atoms with Crippen molar-refractivity contribution < 1.29 is 9.59 Å². The quantitative estimate of drug-likeness (QED) is 0.378. The van der Waals surface area contributed by atoms with E-state index in [2.05, 4.69) is 51.9 Å². The van der Waals surface area contributed by atoms with Crippen molar-refractivity contribution in [2.24, 2.45) is 0 Å². The van der Waals surface area contributed by atoms with E-state index in [0.717, 1.165) is 56.7 Å². The van der Waals surface area contributed by atoms with Crippen LogP contribution in [0.4, 0.5) is 0 Å². The van der Waals surface area contributed by atoms with Crippen LogP contribution in [0, 0.1) is 0 Å². The van der Waals surface area contributed by atoms with Gasteiger partial charge in [0.2, 0.25) is 0 Å². The van der Waals surface area contributed by atoms with E-state index >= 15 is 0 Å². The second-order valence-corrected chi connectivity index (χ2v) is 8.87. The lowest BCUT2D eigenvalue weighted by atomic mass is 9.96. The van der Waals surface area contributed by atoms with Crippen molar-refractivity contribution in [3.05, 3.63) is 59.2 Å². The Morgan fingerprint density at radius 1 is 0.903 bits per heavy atom. The number of aromatic amines is 1. The minimum atomic E-state index is -0.311. The zero-order chi connectivity index (χ0) is 21.0. The van der Waals surface area contributed by atoms with E-state index < -0.39 is 0 Å². The fourth-order valence-corrected chi connectivity index (χ4v) is 5.65. The molecule has 0 spiro atoms. The third-order valence-corrected chi connectivity index (χ3v) is 7.16. The highest BCUT2D eigenvalue weighted by atomic mass is 16.2. The molecule has 0 bridgehead atoms. The minimum absolute atomic E-state index is 0.302. The SMILES string of the molecule is CC1Cn2c3c(cccc3c3c4c(c5c6ccccc6[nH]c5c32)C(=O)NC4=O)CN1C. The third kappa shape index (κ3) is 1.96. The molecule has 2 aliphatic rings. The highest BCUT2D eigenvalue weighted by Crippen LogP contribution is 2.44. The molecule has 3 aromatic carbocycles. The summed E-state index contributed by atoms with van der Waals surface area (Å²) in [6.45, 7) is 3.89. The molecule has 6 heteroatoms. The summed E-state index contributed by atoms with van der Waals surface area (Å²) in [5.74, 6) is -0.613. The van der Waals surface area contributed by atoms with Gasteiger partial charge in [-0.3, -0.25) is 19.8 Å². The zero-order valence-corrected chi connectivity index (χ0v) is 17.2. The number of carbonyl (C=O) groups is 2. The number of para-hydroxylation sites is 2. The summed E-state index contributed by atoms with van der Waals surface area (Å²) in [6.07, 6.45) is 0. The van der Waals surface area contributed by atoms with Crippen molar-refractivity contribution in [1.82, 2.24) is 19.8 Å². The molecule has 2 N–H and O–H groups in total. The fourth-order valence-electron chi connectivity index (χ4n) is 5.65. The first-order valence-corrected chi connectivity index (χ1v) is 10.6. The Bertz CT molecular complexity index is 1640. The first-order chi connectivity index (χ1) is 15.0. The van der Waals surface area contributed by atoms with Crippen LogP contribution >= 0.6 is 0 Å². The summed E-state index contributed by atoms with van der Waals surface area (Å²) >= 11 is 0. The molecule has 2 amide bonds. The second-order valence-electron chi connectivity index (χ2n) is 8.87. The van der Waals surface area contributed by atoms with Gasteiger partial charge in [0, 0.05) is 46.2 Å². The number of benzene rings is 3. The first kappa shape index (κ1) is 17.1. The normalized spacial score (nSPS) is 19.0. The maximum atomic E-state index is 13.1. The predicted octanol–water partition coefficient (Wildman–Crippen LogP) is 4.15. The molecule has 5 aromatic rings. The molecule has 0 saturated carbocycles. The largest absolute Gasteiger partial charge is 0.353 e. The molecule has 0 saturated heterocycles. The lowest BCUT2D eigenvalue weighted by Crippen LogP contribution is -2.30. The molecule has 0 aliphatic carbocycles. The Morgan fingerprint density at radius 2 is 1.65 bits per heavy atom. The molecule has 7 rings (SSSR count). The number of nitrogens with one attached hydrogen (secondary N) is 2. The number of nitrogens with zero attached hydrogens (tertiary/aromatic N) is 2. The van der Waals surface area contributed by atoms with Gasteiger partial charge in [0.25, 0.3) is 11.8 Å². The standard InChI is InChI=1S/C25H20N4O2/c1-12-10-29-22-13(11-28(12)2)6-5-8-15(22)18-20-19(24(30)27-25(20)31)17-14-7-3-4-9-16(14)26-21(17)23(18)29/h3-9,12,26H,10-11H2,1-2H3,(H,27,30,31). The number of hydrogen-bond acceptors (Lipinski definition) is 3. The number of rotatable bonds is 0. The number of likely N-dealkylation sites (N-methyl/N-ethyl adjacent to an activating group) is 1. The Hall–Kier alpha value is -3.64. The summed E-state index contributed by atoms with van der Waals surface area (Å²) < 4.78 is 2.36. The van der Waals surface area contributed by atoms with E-state index in [1.54, 1.807) is 0 Å². The van der Waals surface area contributed by atoms with Crippen LogP contribution in [0.2, 0.25) is 0 Å². The van der Waals surface area contributed by atoms with Crippen LogP contribution in [0.15, 0.2) is 42.5 Å². The van der Waals surface area contributed by atoms with Crippen LogP contribution in [-0.2, 0) is 13.1 Å². The van der Waals surface area contributed by atoms with Crippen molar-refractivity contribution in [3.63, 3.8) is 0 Å². The maximum Gasteiger partial charge on any atom is 0.259 e. The number of aromatic nitrogens is 2. The molecule has 31 heavy (non-hydrogen) atoms. The van der Waals surface area contributed by atoms with Crippen LogP contribution in [0.25, 0.3) is 43.6 Å². The Morgan fingerprint density at radius 3 is 2.48 bits per heavy atom. The van der Waals surface area contributed by atoms with Crippen molar-refractivity contribution in [1.29, 1.82) is 0 Å². The van der Waals surface area contributed by atoms with Gasteiger partial charge < -0.3 is 9.55 Å². The molecule has 2 aliphatic heterocycles. The molecule has 0 radical (unpaired) electrons. The monoisotopic (exact) mass is 408 g/mol. The van der Waals surface area contributed by atoms with E-state index in [-0.39, 0.29) is 11.8 Å². The van der Waals surface area contributed by atoms with Gasteiger partial charge in [0.1, 0.15) is 0 Å². The lowest BCUT2D eigenvalue weighted by molar-refractivity contribution is 0.0880. The molecule has 4 heterocycles. The molecular weight excluding hydrogens is 388 g/mol. The van der Waals surface area contributed by atoms with E-state index in [1.807, 2.05) is 24.3 Å². The van der Waals surface area contributed by atoms with Crippen LogP contribution < -0.4 is 5.32 Å². The Labute approximate surface area is 177 Å². The van der Waals surface area contributed by atoms with Gasteiger partial charge in [-0.05, 0) is 25.6 Å². The smallest absolute Gasteiger partial charge is 0.259 e. The average Bonchev–Trinajstić information content (AvgIpc) is 3.35. The summed E-state index contributed by atoms with van der Waals surface area (Å²) in [4.78, 5) is 32.0. The highest BCUT2D eigenvalue weighted by Gasteiger charge is 2.36. The van der Waals surface area contributed by atoms with Crippen LogP contribution in [0.1, 0.15) is 33.2 Å². The van der Waals surface area contributed by atoms with Crippen molar-refractivity contribution in [2.45, 2.75) is 26.1 Å². The van der Waals surface area contributed by atoms with E-state index in [1.165, 1.54) is 5.56 Å². The Kier molecular flexibility index (Phi) is 3.05. The van der Waals surface area contributed by atoms with Gasteiger partial charge in [-0.15, -0.1) is 0 Å². The summed E-state index contributed by atoms with van der Waals surface area (Å²) in [6, 6.07) is 14.6. The minimum Gasteiger partial charge on any atom is -0.353 e. The first-order valence-electron chi connectivity index (χ1n) is 10.6. The average molecular weight is 408 g/mol. The Balaban J connectivity index is 1.83. The van der Waals surface area contributed by atoms with Crippen LogP contribution in [0.5, 0.6) is 0 Å². The van der Waals surface area contributed by atoms with E-state index in [0.29, 0.717) is 17.2 Å². The fraction of sp³-hybridized carbons (Fsp3) is 0.200. The molecule has 152 valence electrons. The van der Waals surface area contributed by atoms with Gasteiger partial charge in [-0.25, -0.2) is 0 Å². The summed E-state index contributed by atoms with van der Waals surface area (Å²) in [5, 5.41) is 6.29. The van der Waals surface area contributed by atoms with Crippen LogP contribution in [0.3, 0.4) is 0 Å². The predicted molar refractivity (Wildman–Crippen MR) is 122 cm³/mol. The van der Waals surface area contributed by atoms with E-state index in [4.69, 9.17) is 0 Å². The van der Waals surface area contributed by atoms with Gasteiger partial charge in [-0.2, -0.15) is 0 Å². The lowest BCUT2D eigenvalue weighted by Gasteiger charge is -2.22. The van der Waals surface area contributed by atoms with Gasteiger partial charge >= 0.3 is 0 Å². The number of hydrogen-bond donors (Lipinski definition) is 2. The van der Waals surface area contributed by atoms with Crippen molar-refractivity contribution in [3.8, 4) is 0 Å². The molecule has 0 fully saturated rings. The van der Waals surface area contributed by atoms with Crippen molar-refractivity contribution in [2.75, 3.05) is 7.05 Å². The molecular formula is C25H20N4O2. The summed E-state index contributed by atoms with van der Waals surface area (Å²) in [7, 11) is 2.15. The highest BCUT2D eigenvalue weighted by molar-refractivity contribution is 6.39. The van der Waals surface area contributed by atoms with Crippen molar-refractivity contribution >= 4 is 55.4 Å². The summed E-state index contributed by atoms with van der Waals surface area (Å²) in [5.41, 5.74) is 6.32. The van der Waals surface area contributed by atoms with Gasteiger partial charge in [0.15, 0.2) is 0 Å². The van der Waals surface area contributed by atoms with E-state index in [9.17, 15) is 9.59 Å². The second kappa shape index (κ2) is 5.53. The number of H-pyrrole nitrogens is 1. The number of amides is 2. The van der Waals surface area contributed by atoms with Gasteiger partial charge in [0.05, 0.1) is 27.7 Å². The molecule has 6 nitrogen and oxygen atoms in total. The topological polar surface area (TPSA) is 70.1 Å². The molecule has 1 atom stereocenters. The number of imide groups is 1. The number of fused-ring (bicyclic) bond motifs is 10.